The van der Waals surface area contributed by atoms with Crippen molar-refractivity contribution in [3.8, 4) is 0 Å². The molecule has 156 valence electrons. The van der Waals surface area contributed by atoms with E-state index in [1.807, 2.05) is 0 Å². The van der Waals surface area contributed by atoms with Crippen molar-refractivity contribution in [3.05, 3.63) is 0 Å². The Balaban J connectivity index is -0.000000182. The number of carboxylic acids is 1. The number of aliphatic hydroxyl groups excluding tert-OH is 3. The minimum absolute atomic E-state index is 0. The summed E-state index contributed by atoms with van der Waals surface area (Å²) >= 11 is 0. The molecule has 0 unspecified atom stereocenters. The van der Waals surface area contributed by atoms with E-state index in [1.54, 1.807) is 0 Å². The van der Waals surface area contributed by atoms with E-state index in [-0.39, 0.29) is 33.9 Å². The van der Waals surface area contributed by atoms with Crippen LogP contribution in [-0.4, -0.2) is 82.9 Å². The fourth-order valence-electron chi connectivity index (χ4n) is 0.829. The van der Waals surface area contributed by atoms with E-state index in [2.05, 4.69) is 9.47 Å². The molecule has 0 radical (unpaired) electrons. The van der Waals surface area contributed by atoms with E-state index >= 15 is 0 Å². The van der Waals surface area contributed by atoms with Gasteiger partial charge in [0.25, 0.3) is 5.97 Å². The highest BCUT2D eigenvalue weighted by Gasteiger charge is 2.15. The van der Waals surface area contributed by atoms with Crippen LogP contribution in [0.15, 0.2) is 0 Å². The minimum Gasteiger partial charge on any atom is -0.481 e. The number of aliphatic hydroxyl groups is 3. The third-order valence-electron chi connectivity index (χ3n) is 1.70. The molecule has 4 N–H and O–H groups in total. The van der Waals surface area contributed by atoms with Crippen LogP contribution in [0.4, 0.5) is 0 Å². The number of carboxylic acid groups (broad SMARTS) is 1. The van der Waals surface area contributed by atoms with Crippen molar-refractivity contribution >= 4 is 23.9 Å². The maximum atomic E-state index is 10.6. The lowest BCUT2D eigenvalue weighted by Crippen LogP contribution is -2.29. The van der Waals surface area contributed by atoms with E-state index in [9.17, 15) is 14.4 Å². The van der Waals surface area contributed by atoms with Crippen molar-refractivity contribution in [2.24, 2.45) is 0 Å². The minimum atomic E-state index is -0.954. The number of aliphatic carboxylic acids is 1. The molecule has 0 saturated heterocycles. The van der Waals surface area contributed by atoms with Crippen molar-refractivity contribution in [2.75, 3.05) is 26.4 Å². The number of rotatable bonds is 7. The van der Waals surface area contributed by atoms with Gasteiger partial charge in [-0.15, -0.1) is 0 Å². The van der Waals surface area contributed by atoms with Crippen LogP contribution in [0.1, 0.15) is 35.1 Å². The Labute approximate surface area is 152 Å². The monoisotopic (exact) mass is 386 g/mol. The second-order valence-electron chi connectivity index (χ2n) is 4.37. The fourth-order valence-corrected chi connectivity index (χ4v) is 0.829. The lowest BCUT2D eigenvalue weighted by atomic mass is 10.4. The first-order valence-electron chi connectivity index (χ1n) is 6.99. The smallest absolute Gasteiger partial charge is 0.303 e. The van der Waals surface area contributed by atoms with Crippen molar-refractivity contribution < 1.29 is 53.8 Å². The summed E-state index contributed by atoms with van der Waals surface area (Å²) in [7, 11) is 0. The molecular formula is C15H30O11. The van der Waals surface area contributed by atoms with Gasteiger partial charge in [-0.3, -0.25) is 19.2 Å². The van der Waals surface area contributed by atoms with Crippen molar-refractivity contribution in [1.82, 2.24) is 0 Å². The van der Waals surface area contributed by atoms with Crippen LogP contribution in [0, 0.1) is 0 Å². The molecule has 0 fully saturated rings. The normalized spacial score (nSPS) is 8.81. The number of carbonyl (C=O) groups is 4. The Bertz CT molecular complexity index is 369. The van der Waals surface area contributed by atoms with Gasteiger partial charge in [0.05, 0.1) is 13.2 Å². The number of esters is 3. The molecule has 0 rings (SSSR count). The summed E-state index contributed by atoms with van der Waals surface area (Å²) in [5.41, 5.74) is 0. The number of hydrogen-bond acceptors (Lipinski definition) is 10. The fraction of sp³-hybridized carbons (Fsp3) is 0.733. The number of ether oxygens (including phenoxy) is 3. The summed E-state index contributed by atoms with van der Waals surface area (Å²) in [6.07, 6.45) is -1.71. The number of carbonyl (C=O) groups excluding carboxylic acids is 3. The van der Waals surface area contributed by atoms with E-state index in [1.165, 1.54) is 20.8 Å². The maximum Gasteiger partial charge on any atom is 0.303 e. The quantitative estimate of drug-likeness (QED) is 0.315. The Morgan fingerprint density at radius 2 is 1.12 bits per heavy atom. The van der Waals surface area contributed by atoms with Gasteiger partial charge in [0.1, 0.15) is 19.3 Å². The molecule has 11 heteroatoms. The van der Waals surface area contributed by atoms with Crippen LogP contribution < -0.4 is 0 Å². The molecular weight excluding hydrogens is 356 g/mol. The predicted molar refractivity (Wildman–Crippen MR) is 89.0 cm³/mol. The summed E-state index contributed by atoms with van der Waals surface area (Å²) < 4.78 is 14.0. The molecule has 0 aromatic carbocycles. The molecule has 0 aliphatic heterocycles. The van der Waals surface area contributed by atoms with Gasteiger partial charge < -0.3 is 34.6 Å². The van der Waals surface area contributed by atoms with Gasteiger partial charge in [-0.2, -0.15) is 0 Å². The molecule has 26 heavy (non-hydrogen) atoms. The molecule has 11 nitrogen and oxygen atoms in total. The Morgan fingerprint density at radius 1 is 0.808 bits per heavy atom. The first kappa shape index (κ1) is 31.5. The van der Waals surface area contributed by atoms with Crippen LogP contribution in [-0.2, 0) is 33.4 Å². The zero-order valence-corrected chi connectivity index (χ0v) is 14.6. The molecule has 0 aliphatic rings. The van der Waals surface area contributed by atoms with E-state index in [0.717, 1.165) is 6.92 Å². The van der Waals surface area contributed by atoms with Crippen LogP contribution in [0.2, 0.25) is 0 Å². The van der Waals surface area contributed by atoms with Gasteiger partial charge in [0, 0.05) is 27.7 Å². The average molecular weight is 386 g/mol. The van der Waals surface area contributed by atoms with E-state index < -0.39 is 36.1 Å². The zero-order valence-electron chi connectivity index (χ0n) is 14.6. The summed E-state index contributed by atoms with van der Waals surface area (Å²) in [4.78, 5) is 40.6. The molecule has 0 aromatic rings. The van der Waals surface area contributed by atoms with E-state index in [0.29, 0.717) is 0 Å². The van der Waals surface area contributed by atoms with Crippen molar-refractivity contribution in [2.45, 2.75) is 47.3 Å². The summed E-state index contributed by atoms with van der Waals surface area (Å²) in [6.45, 7) is 3.79. The molecule has 0 spiro atoms. The molecule has 0 aliphatic carbocycles. The highest BCUT2D eigenvalue weighted by Crippen LogP contribution is 1.97. The van der Waals surface area contributed by atoms with Crippen molar-refractivity contribution in [1.29, 1.82) is 0 Å². The topological polar surface area (TPSA) is 177 Å². The van der Waals surface area contributed by atoms with Crippen LogP contribution >= 0.6 is 0 Å². The van der Waals surface area contributed by atoms with Gasteiger partial charge >= 0.3 is 17.9 Å². The Hall–Kier alpha value is -2.24. The molecule has 0 saturated carbocycles. The first-order valence-corrected chi connectivity index (χ1v) is 6.99. The Morgan fingerprint density at radius 3 is 1.27 bits per heavy atom. The highest BCUT2D eigenvalue weighted by molar-refractivity contribution is 5.67. The SMILES string of the molecule is C.CC(=O)O.CC(=O)OCC(COC(C)=O)OC(C)=O.OCC(O)CO. The summed E-state index contributed by atoms with van der Waals surface area (Å²) in [6, 6.07) is 0. The standard InChI is InChI=1S/C9H14O6.C3H8O3.C2H4O2.CH4/c1-6(10)13-4-9(15-8(3)12)5-14-7(2)11;4-1-3(6)2-5;1-2(3)4;/h9H,4-5H2,1-3H3;3-6H,1-2H2;1H3,(H,3,4);1H4. The first-order chi connectivity index (χ1) is 11.5. The summed E-state index contributed by atoms with van der Waals surface area (Å²) in [5.74, 6) is -2.34. The third kappa shape index (κ3) is 37.8. The zero-order chi connectivity index (χ0) is 20.4. The van der Waals surface area contributed by atoms with Crippen LogP contribution in [0.25, 0.3) is 0 Å². The van der Waals surface area contributed by atoms with Crippen LogP contribution in [0.5, 0.6) is 0 Å². The molecule has 0 bridgehead atoms. The third-order valence-corrected chi connectivity index (χ3v) is 1.70. The van der Waals surface area contributed by atoms with Gasteiger partial charge in [0.2, 0.25) is 0 Å². The van der Waals surface area contributed by atoms with Crippen LogP contribution in [0.3, 0.4) is 0 Å². The van der Waals surface area contributed by atoms with Gasteiger partial charge in [-0.25, -0.2) is 0 Å². The number of hydrogen-bond donors (Lipinski definition) is 4. The predicted octanol–water partition coefficient (Wildman–Crippen LogP) is -0.897. The molecule has 0 atom stereocenters. The summed E-state index contributed by atoms with van der Waals surface area (Å²) in [5, 5.41) is 31.4. The average Bonchev–Trinajstić information content (AvgIpc) is 2.48. The molecule has 0 heterocycles. The second kappa shape index (κ2) is 20.8. The maximum absolute atomic E-state index is 10.6. The van der Waals surface area contributed by atoms with Crippen molar-refractivity contribution in [3.63, 3.8) is 0 Å². The van der Waals surface area contributed by atoms with Gasteiger partial charge in [0.15, 0.2) is 6.10 Å². The lowest BCUT2D eigenvalue weighted by molar-refractivity contribution is -0.163. The van der Waals surface area contributed by atoms with Gasteiger partial charge in [-0.05, 0) is 0 Å². The van der Waals surface area contributed by atoms with Gasteiger partial charge in [-0.1, -0.05) is 7.43 Å². The molecule has 0 aromatic heterocycles. The largest absolute Gasteiger partial charge is 0.481 e. The van der Waals surface area contributed by atoms with E-state index in [4.69, 9.17) is 30.0 Å². The molecule has 0 amide bonds. The second-order valence-corrected chi connectivity index (χ2v) is 4.37. The highest BCUT2D eigenvalue weighted by atomic mass is 16.6. The Kier molecular flexibility index (Phi) is 25.2. The lowest BCUT2D eigenvalue weighted by Gasteiger charge is -2.15.